The second-order valence-electron chi connectivity index (χ2n) is 7.48. The minimum Gasteiger partial charge on any atom is -0.356 e. The number of halogens is 3. The molecule has 2 aliphatic rings. The van der Waals surface area contributed by atoms with Crippen molar-refractivity contribution in [3.05, 3.63) is 25.0 Å². The van der Waals surface area contributed by atoms with E-state index in [0.29, 0.717) is 31.7 Å². The third kappa shape index (κ3) is 4.33. The van der Waals surface area contributed by atoms with Gasteiger partial charge in [0, 0.05) is 38.2 Å². The predicted molar refractivity (Wildman–Crippen MR) is 97.2 cm³/mol. The highest BCUT2D eigenvalue weighted by Crippen LogP contribution is 2.35. The number of carbonyl (C=O) groups excluding carboxylic acids is 1. The first-order valence-corrected chi connectivity index (χ1v) is 9.69. The van der Waals surface area contributed by atoms with Gasteiger partial charge in [-0.15, -0.1) is 0 Å². The van der Waals surface area contributed by atoms with Gasteiger partial charge in [0.25, 0.3) is 0 Å². The van der Waals surface area contributed by atoms with Gasteiger partial charge in [-0.3, -0.25) is 4.79 Å². The van der Waals surface area contributed by atoms with Crippen LogP contribution in [-0.4, -0.2) is 67.9 Å². The molecule has 8 nitrogen and oxygen atoms in total. The summed E-state index contributed by atoms with van der Waals surface area (Å²) in [6.45, 7) is 1.69. The zero-order valence-electron chi connectivity index (χ0n) is 15.8. The summed E-state index contributed by atoms with van der Waals surface area (Å²) >= 11 is 0. The van der Waals surface area contributed by atoms with Crippen molar-refractivity contribution in [2.45, 2.75) is 31.9 Å². The monoisotopic (exact) mass is 409 g/mol. The molecule has 2 aromatic rings. The zero-order valence-corrected chi connectivity index (χ0v) is 15.8. The molecule has 0 unspecified atom stereocenters. The van der Waals surface area contributed by atoms with Gasteiger partial charge >= 0.3 is 6.18 Å². The average molecular weight is 409 g/mol. The van der Waals surface area contributed by atoms with Crippen molar-refractivity contribution in [3.63, 3.8) is 0 Å². The van der Waals surface area contributed by atoms with Gasteiger partial charge in [0.1, 0.15) is 24.8 Å². The van der Waals surface area contributed by atoms with E-state index in [0.717, 1.165) is 5.82 Å². The molecule has 156 valence electrons. The van der Waals surface area contributed by atoms with E-state index in [2.05, 4.69) is 25.0 Å². The molecular weight excluding hydrogens is 387 g/mol. The molecule has 0 radical (unpaired) electrons. The van der Waals surface area contributed by atoms with Crippen molar-refractivity contribution in [1.82, 2.24) is 29.6 Å². The smallest absolute Gasteiger partial charge is 0.356 e. The molecule has 2 saturated heterocycles. The van der Waals surface area contributed by atoms with Crippen molar-refractivity contribution >= 4 is 11.7 Å². The standard InChI is InChI=1S/C18H22F3N7O/c19-18(20,21)14-3-7-27(8-4-14)17(29)13-1-5-26(6-2-13)15-9-16(24-11-23-15)28-12-22-10-25-28/h9-14H,1-8H2. The first kappa shape index (κ1) is 19.6. The van der Waals surface area contributed by atoms with Crippen molar-refractivity contribution in [3.8, 4) is 5.82 Å². The van der Waals surface area contributed by atoms with Gasteiger partial charge in [-0.05, 0) is 25.7 Å². The van der Waals surface area contributed by atoms with Crippen LogP contribution in [0.25, 0.3) is 5.82 Å². The van der Waals surface area contributed by atoms with E-state index in [1.54, 1.807) is 15.9 Å². The minimum atomic E-state index is -4.16. The Morgan fingerprint density at radius 1 is 0.966 bits per heavy atom. The molecule has 2 fully saturated rings. The summed E-state index contributed by atoms with van der Waals surface area (Å²) in [7, 11) is 0. The van der Waals surface area contributed by atoms with E-state index in [1.807, 2.05) is 6.07 Å². The largest absolute Gasteiger partial charge is 0.391 e. The first-order valence-electron chi connectivity index (χ1n) is 9.69. The topological polar surface area (TPSA) is 80.0 Å². The fourth-order valence-corrected chi connectivity index (χ4v) is 4.00. The van der Waals surface area contributed by atoms with Gasteiger partial charge in [-0.1, -0.05) is 0 Å². The van der Waals surface area contributed by atoms with Crippen LogP contribution in [0.4, 0.5) is 19.0 Å². The third-order valence-corrected chi connectivity index (χ3v) is 5.73. The van der Waals surface area contributed by atoms with Crippen molar-refractivity contribution in [1.29, 1.82) is 0 Å². The zero-order chi connectivity index (χ0) is 20.4. The molecular formula is C18H22F3N7O. The van der Waals surface area contributed by atoms with Crippen LogP contribution in [0.3, 0.4) is 0 Å². The number of hydrogen-bond acceptors (Lipinski definition) is 6. The SMILES string of the molecule is O=C(C1CCN(c2cc(-n3cncn3)ncn2)CC1)N1CCC(C(F)(F)F)CC1. The van der Waals surface area contributed by atoms with Crippen LogP contribution in [0.15, 0.2) is 25.0 Å². The summed E-state index contributed by atoms with van der Waals surface area (Å²) in [6, 6.07) is 1.82. The highest BCUT2D eigenvalue weighted by molar-refractivity contribution is 5.79. The minimum absolute atomic E-state index is 0.0000818. The average Bonchev–Trinajstić information content (AvgIpc) is 3.28. The van der Waals surface area contributed by atoms with Gasteiger partial charge < -0.3 is 9.80 Å². The Balaban J connectivity index is 1.32. The van der Waals surface area contributed by atoms with Crippen LogP contribution >= 0.6 is 0 Å². The highest BCUT2D eigenvalue weighted by atomic mass is 19.4. The van der Waals surface area contributed by atoms with E-state index in [4.69, 9.17) is 0 Å². The van der Waals surface area contributed by atoms with Crippen molar-refractivity contribution in [2.24, 2.45) is 11.8 Å². The maximum Gasteiger partial charge on any atom is 0.391 e. The molecule has 0 N–H and O–H groups in total. The van der Waals surface area contributed by atoms with Gasteiger partial charge in [-0.25, -0.2) is 19.6 Å². The van der Waals surface area contributed by atoms with Gasteiger partial charge in [0.2, 0.25) is 5.91 Å². The fraction of sp³-hybridized carbons (Fsp3) is 0.611. The third-order valence-electron chi connectivity index (χ3n) is 5.73. The number of amides is 1. The summed E-state index contributed by atoms with van der Waals surface area (Å²) in [5.41, 5.74) is 0. The van der Waals surface area contributed by atoms with Crippen molar-refractivity contribution in [2.75, 3.05) is 31.1 Å². The summed E-state index contributed by atoms with van der Waals surface area (Å²) in [4.78, 5) is 28.8. The summed E-state index contributed by atoms with van der Waals surface area (Å²) in [5, 5.41) is 4.06. The second kappa shape index (κ2) is 7.96. The molecule has 0 saturated carbocycles. The lowest BCUT2D eigenvalue weighted by atomic mass is 9.92. The lowest BCUT2D eigenvalue weighted by Crippen LogP contribution is -2.47. The molecule has 2 aliphatic heterocycles. The van der Waals surface area contributed by atoms with E-state index in [-0.39, 0.29) is 37.8 Å². The lowest BCUT2D eigenvalue weighted by molar-refractivity contribution is -0.187. The molecule has 0 bridgehead atoms. The molecule has 1 amide bonds. The number of hydrogen-bond donors (Lipinski definition) is 0. The van der Waals surface area contributed by atoms with E-state index >= 15 is 0 Å². The summed E-state index contributed by atoms with van der Waals surface area (Å²) in [6.07, 6.45) is 1.59. The second-order valence-corrected chi connectivity index (χ2v) is 7.48. The molecule has 4 rings (SSSR count). The molecule has 29 heavy (non-hydrogen) atoms. The summed E-state index contributed by atoms with van der Waals surface area (Å²) in [5.74, 6) is -0.0902. The van der Waals surface area contributed by atoms with Crippen LogP contribution in [0.2, 0.25) is 0 Å². The van der Waals surface area contributed by atoms with E-state index < -0.39 is 12.1 Å². The Kier molecular flexibility index (Phi) is 5.37. The molecule has 2 aromatic heterocycles. The first-order chi connectivity index (χ1) is 13.9. The van der Waals surface area contributed by atoms with E-state index in [1.165, 1.54) is 12.7 Å². The Hall–Kier alpha value is -2.72. The lowest BCUT2D eigenvalue weighted by Gasteiger charge is -2.38. The molecule has 11 heteroatoms. The number of aromatic nitrogens is 5. The number of alkyl halides is 3. The molecule has 4 heterocycles. The predicted octanol–water partition coefficient (Wildman–Crippen LogP) is 2.07. The Morgan fingerprint density at radius 2 is 1.66 bits per heavy atom. The number of piperidine rings is 2. The van der Waals surface area contributed by atoms with E-state index in [9.17, 15) is 18.0 Å². The Labute approximate surface area is 165 Å². The van der Waals surface area contributed by atoms with Crippen LogP contribution < -0.4 is 4.90 Å². The number of rotatable bonds is 3. The number of nitrogens with zero attached hydrogens (tertiary/aromatic N) is 7. The number of likely N-dealkylation sites (tertiary alicyclic amines) is 1. The van der Waals surface area contributed by atoms with Crippen LogP contribution in [0, 0.1) is 11.8 Å². The summed E-state index contributed by atoms with van der Waals surface area (Å²) < 4.78 is 40.0. The molecule has 0 aliphatic carbocycles. The molecule has 0 spiro atoms. The fourth-order valence-electron chi connectivity index (χ4n) is 4.00. The van der Waals surface area contributed by atoms with Gasteiger partial charge in [0.05, 0.1) is 5.92 Å². The van der Waals surface area contributed by atoms with Crippen LogP contribution in [0.5, 0.6) is 0 Å². The molecule has 0 aromatic carbocycles. The highest BCUT2D eigenvalue weighted by Gasteiger charge is 2.42. The maximum absolute atomic E-state index is 12.8. The van der Waals surface area contributed by atoms with Crippen molar-refractivity contribution < 1.29 is 18.0 Å². The number of carbonyl (C=O) groups is 1. The molecule has 0 atom stereocenters. The normalized spacial score (nSPS) is 19.6. The quantitative estimate of drug-likeness (QED) is 0.772. The Morgan fingerprint density at radius 3 is 2.28 bits per heavy atom. The van der Waals surface area contributed by atoms with Crippen LogP contribution in [0.1, 0.15) is 25.7 Å². The van der Waals surface area contributed by atoms with Gasteiger partial charge in [-0.2, -0.15) is 18.3 Å². The Bertz CT molecular complexity index is 826. The van der Waals surface area contributed by atoms with Gasteiger partial charge in [0.15, 0.2) is 5.82 Å². The van der Waals surface area contributed by atoms with Crippen LogP contribution in [-0.2, 0) is 4.79 Å². The maximum atomic E-state index is 12.8. The number of anilines is 1.